The highest BCUT2D eigenvalue weighted by molar-refractivity contribution is 6.07. The summed E-state index contributed by atoms with van der Waals surface area (Å²) in [7, 11) is 1.63. The highest BCUT2D eigenvalue weighted by Gasteiger charge is 2.35. The second-order valence-electron chi connectivity index (χ2n) is 8.57. The van der Waals surface area contributed by atoms with Crippen molar-refractivity contribution >= 4 is 16.7 Å². The number of carbonyl (C=O) groups is 1. The summed E-state index contributed by atoms with van der Waals surface area (Å²) in [5, 5.41) is 6.75. The Morgan fingerprint density at radius 2 is 1.94 bits per heavy atom. The minimum absolute atomic E-state index is 0.0490. The number of rotatable bonds is 6. The number of fused-ring (bicyclic) bond motifs is 1. The maximum atomic E-state index is 13.5. The molecule has 0 N–H and O–H groups in total. The zero-order valence-electron chi connectivity index (χ0n) is 17.9. The summed E-state index contributed by atoms with van der Waals surface area (Å²) in [6, 6.07) is 14.1. The summed E-state index contributed by atoms with van der Waals surface area (Å²) in [6.07, 6.45) is 3.89. The van der Waals surface area contributed by atoms with Crippen molar-refractivity contribution < 1.29 is 9.53 Å². The number of hydrogen-bond donors (Lipinski definition) is 0. The van der Waals surface area contributed by atoms with Crippen LogP contribution in [-0.4, -0.2) is 52.0 Å². The number of amides is 1. The molecule has 0 radical (unpaired) electrons. The van der Waals surface area contributed by atoms with E-state index >= 15 is 0 Å². The smallest absolute Gasteiger partial charge is 0.346 e. The lowest BCUT2D eigenvalue weighted by Gasteiger charge is -2.32. The Kier molecular flexibility index (Phi) is 5.36. The van der Waals surface area contributed by atoms with Crippen LogP contribution >= 0.6 is 0 Å². The van der Waals surface area contributed by atoms with Gasteiger partial charge in [0.15, 0.2) is 0 Å². The van der Waals surface area contributed by atoms with Crippen LogP contribution in [0.1, 0.15) is 53.8 Å². The molecule has 1 saturated carbocycles. The highest BCUT2D eigenvalue weighted by atomic mass is 16.5. The summed E-state index contributed by atoms with van der Waals surface area (Å²) in [5.41, 5.74) is 0.691. The zero-order valence-corrected chi connectivity index (χ0v) is 17.9. The molecule has 162 valence electrons. The molecule has 5 rings (SSSR count). The molecule has 1 aliphatic heterocycles. The fraction of sp³-hybridized carbons (Fsp3) is 0.458. The lowest BCUT2D eigenvalue weighted by molar-refractivity contribution is 0.0705. The van der Waals surface area contributed by atoms with E-state index in [1.165, 1.54) is 4.68 Å². The molecule has 7 heteroatoms. The third-order valence-corrected chi connectivity index (χ3v) is 6.41. The average Bonchev–Trinajstić information content (AvgIpc) is 3.60. The van der Waals surface area contributed by atoms with Crippen LogP contribution in [-0.2, 0) is 11.3 Å². The number of piperidine rings is 1. The lowest BCUT2D eigenvalue weighted by Crippen LogP contribution is -2.40. The molecule has 2 aliphatic rings. The summed E-state index contributed by atoms with van der Waals surface area (Å²) in [6.45, 7) is 2.23. The molecule has 31 heavy (non-hydrogen) atoms. The molecule has 0 bridgehead atoms. The van der Waals surface area contributed by atoms with E-state index in [2.05, 4.69) is 0 Å². The molecular weight excluding hydrogens is 392 g/mol. The van der Waals surface area contributed by atoms with Crippen molar-refractivity contribution in [2.75, 3.05) is 26.8 Å². The molecule has 1 aliphatic carbocycles. The van der Waals surface area contributed by atoms with E-state index in [9.17, 15) is 9.59 Å². The predicted molar refractivity (Wildman–Crippen MR) is 118 cm³/mol. The number of aromatic nitrogens is 3. The van der Waals surface area contributed by atoms with Gasteiger partial charge in [0, 0.05) is 37.7 Å². The first-order chi connectivity index (χ1) is 15.2. The summed E-state index contributed by atoms with van der Waals surface area (Å²) in [5.74, 6) is 0.962. The van der Waals surface area contributed by atoms with Crippen molar-refractivity contribution in [1.82, 2.24) is 19.2 Å². The molecule has 1 aromatic heterocycles. The van der Waals surface area contributed by atoms with Crippen LogP contribution in [0.5, 0.6) is 0 Å². The van der Waals surface area contributed by atoms with Crippen molar-refractivity contribution in [3.05, 3.63) is 64.3 Å². The number of methoxy groups -OCH3 is 1. The molecule has 1 saturated heterocycles. The number of hydrogen-bond acceptors (Lipinski definition) is 4. The second-order valence-corrected chi connectivity index (χ2v) is 8.57. The van der Waals surface area contributed by atoms with Gasteiger partial charge in [-0.2, -0.15) is 5.10 Å². The van der Waals surface area contributed by atoms with Crippen LogP contribution in [0.2, 0.25) is 0 Å². The standard InChI is InChI=1S/C24H28N4O3/c1-31-15-14-27-24(30)28(19-11-12-19)22(25-27)18-8-5-13-26(16-18)23(29)21-10-4-7-17-6-2-3-9-20(17)21/h2-4,6-7,9-10,18-19H,5,8,11-16H2,1H3. The number of nitrogens with zero attached hydrogens (tertiary/aromatic N) is 4. The topological polar surface area (TPSA) is 69.4 Å². The molecule has 2 heterocycles. The van der Waals surface area contributed by atoms with Crippen molar-refractivity contribution in [2.24, 2.45) is 0 Å². The molecule has 3 aromatic rings. The summed E-state index contributed by atoms with van der Waals surface area (Å²) in [4.78, 5) is 28.3. The van der Waals surface area contributed by atoms with E-state index in [1.54, 1.807) is 7.11 Å². The van der Waals surface area contributed by atoms with Crippen LogP contribution in [0.15, 0.2) is 47.3 Å². The van der Waals surface area contributed by atoms with Gasteiger partial charge in [-0.3, -0.25) is 9.36 Å². The quantitative estimate of drug-likeness (QED) is 0.614. The Morgan fingerprint density at radius 1 is 1.13 bits per heavy atom. The van der Waals surface area contributed by atoms with Crippen molar-refractivity contribution in [1.29, 1.82) is 0 Å². The molecule has 0 spiro atoms. The molecule has 7 nitrogen and oxygen atoms in total. The van der Waals surface area contributed by atoms with E-state index < -0.39 is 0 Å². The molecule has 2 aromatic carbocycles. The Morgan fingerprint density at radius 3 is 2.74 bits per heavy atom. The van der Waals surface area contributed by atoms with Crippen molar-refractivity contribution in [3.8, 4) is 0 Å². The largest absolute Gasteiger partial charge is 0.383 e. The van der Waals surface area contributed by atoms with Gasteiger partial charge in [-0.05, 0) is 42.5 Å². The van der Waals surface area contributed by atoms with Gasteiger partial charge in [0.05, 0.1) is 13.2 Å². The second kappa shape index (κ2) is 8.30. The van der Waals surface area contributed by atoms with Crippen LogP contribution in [0.25, 0.3) is 10.8 Å². The summed E-state index contributed by atoms with van der Waals surface area (Å²) < 4.78 is 8.55. The lowest BCUT2D eigenvalue weighted by atomic mass is 9.95. The predicted octanol–water partition coefficient (Wildman–Crippen LogP) is 3.20. The van der Waals surface area contributed by atoms with Gasteiger partial charge in [0.1, 0.15) is 5.82 Å². The zero-order chi connectivity index (χ0) is 21.4. The molecular formula is C24H28N4O3. The molecule has 1 amide bonds. The van der Waals surface area contributed by atoms with Crippen LogP contribution < -0.4 is 5.69 Å². The fourth-order valence-corrected chi connectivity index (χ4v) is 4.67. The van der Waals surface area contributed by atoms with Gasteiger partial charge < -0.3 is 9.64 Å². The molecule has 2 fully saturated rings. The monoisotopic (exact) mass is 420 g/mol. The maximum absolute atomic E-state index is 13.5. The molecule has 1 atom stereocenters. The highest BCUT2D eigenvalue weighted by Crippen LogP contribution is 2.37. The third kappa shape index (κ3) is 3.78. The van der Waals surface area contributed by atoms with Crippen LogP contribution in [0.3, 0.4) is 0 Å². The number of ether oxygens (including phenoxy) is 1. The SMILES string of the molecule is COCCn1nc(C2CCCN(C(=O)c3cccc4ccccc34)C2)n(C2CC2)c1=O. The van der Waals surface area contributed by atoms with E-state index in [0.717, 1.165) is 54.4 Å². The fourth-order valence-electron chi connectivity index (χ4n) is 4.67. The summed E-state index contributed by atoms with van der Waals surface area (Å²) >= 11 is 0. The van der Waals surface area contributed by atoms with E-state index in [0.29, 0.717) is 19.7 Å². The van der Waals surface area contributed by atoms with Gasteiger partial charge >= 0.3 is 5.69 Å². The Labute approximate surface area is 181 Å². The van der Waals surface area contributed by atoms with E-state index in [4.69, 9.17) is 9.84 Å². The Hall–Kier alpha value is -2.93. The maximum Gasteiger partial charge on any atom is 0.346 e. The first-order valence-electron chi connectivity index (χ1n) is 11.1. The van der Waals surface area contributed by atoms with Crippen LogP contribution in [0, 0.1) is 0 Å². The van der Waals surface area contributed by atoms with Crippen LogP contribution in [0.4, 0.5) is 0 Å². The van der Waals surface area contributed by atoms with Gasteiger partial charge in [-0.1, -0.05) is 36.4 Å². The third-order valence-electron chi connectivity index (χ3n) is 6.41. The van der Waals surface area contributed by atoms with Gasteiger partial charge in [0.25, 0.3) is 5.91 Å². The Bertz CT molecular complexity index is 1160. The normalized spacial score (nSPS) is 19.1. The van der Waals surface area contributed by atoms with Crippen molar-refractivity contribution in [2.45, 2.75) is 44.2 Å². The van der Waals surface area contributed by atoms with Gasteiger partial charge in [-0.25, -0.2) is 9.48 Å². The minimum atomic E-state index is -0.0490. The first-order valence-corrected chi connectivity index (χ1v) is 11.1. The number of carbonyl (C=O) groups excluding carboxylic acids is 1. The number of benzene rings is 2. The number of likely N-dealkylation sites (tertiary alicyclic amines) is 1. The minimum Gasteiger partial charge on any atom is -0.383 e. The van der Waals surface area contributed by atoms with Gasteiger partial charge in [0.2, 0.25) is 0 Å². The van der Waals surface area contributed by atoms with Gasteiger partial charge in [-0.15, -0.1) is 0 Å². The van der Waals surface area contributed by atoms with E-state index in [1.807, 2.05) is 51.9 Å². The Balaban J connectivity index is 1.43. The first kappa shape index (κ1) is 20.0. The molecule has 1 unspecified atom stereocenters. The van der Waals surface area contributed by atoms with E-state index in [-0.39, 0.29) is 23.6 Å². The van der Waals surface area contributed by atoms with Crippen molar-refractivity contribution in [3.63, 3.8) is 0 Å². The average molecular weight is 421 g/mol.